The largest absolute Gasteiger partial charge is 0.396 e. The predicted molar refractivity (Wildman–Crippen MR) is 84.8 cm³/mol. The maximum Gasteiger partial charge on any atom is 0.0460 e. The maximum absolute atomic E-state index is 9.25. The Morgan fingerprint density at radius 1 is 1.20 bits per heavy atom. The van der Waals surface area contributed by atoms with Gasteiger partial charge in [-0.1, -0.05) is 27.2 Å². The summed E-state index contributed by atoms with van der Waals surface area (Å²) in [5.41, 5.74) is 0.433. The van der Waals surface area contributed by atoms with Crippen molar-refractivity contribution in [2.45, 2.75) is 58.9 Å². The molecule has 0 bridgehead atoms. The second kappa shape index (κ2) is 7.24. The van der Waals surface area contributed by atoms with Crippen molar-refractivity contribution >= 4 is 0 Å². The minimum absolute atomic E-state index is 0.379. The lowest BCUT2D eigenvalue weighted by Crippen LogP contribution is -2.53. The Balaban J connectivity index is 1.89. The van der Waals surface area contributed by atoms with Gasteiger partial charge in [0.05, 0.1) is 0 Å². The van der Waals surface area contributed by atoms with Crippen molar-refractivity contribution < 1.29 is 5.11 Å². The summed E-state index contributed by atoms with van der Waals surface area (Å²) in [5, 5.41) is 13.0. The van der Waals surface area contributed by atoms with Crippen LogP contribution in [-0.2, 0) is 0 Å². The molecule has 1 heterocycles. The number of hydrogen-bond donors (Lipinski definition) is 2. The molecule has 2 fully saturated rings. The first-order valence-electron chi connectivity index (χ1n) is 8.63. The fraction of sp³-hybridized carbons (Fsp3) is 1.00. The molecule has 0 spiro atoms. The van der Waals surface area contributed by atoms with Gasteiger partial charge in [-0.2, -0.15) is 0 Å². The van der Waals surface area contributed by atoms with E-state index in [2.05, 4.69) is 31.0 Å². The van der Waals surface area contributed by atoms with E-state index in [4.69, 9.17) is 0 Å². The summed E-state index contributed by atoms with van der Waals surface area (Å²) < 4.78 is 0. The third-order valence-electron chi connectivity index (χ3n) is 5.59. The van der Waals surface area contributed by atoms with Gasteiger partial charge in [-0.05, 0) is 62.6 Å². The van der Waals surface area contributed by atoms with Gasteiger partial charge in [0.25, 0.3) is 0 Å². The van der Waals surface area contributed by atoms with Gasteiger partial charge < -0.3 is 15.3 Å². The van der Waals surface area contributed by atoms with Gasteiger partial charge in [-0.3, -0.25) is 0 Å². The molecule has 1 aliphatic heterocycles. The van der Waals surface area contributed by atoms with Crippen molar-refractivity contribution in [1.82, 2.24) is 10.2 Å². The zero-order chi connectivity index (χ0) is 14.6. The molecule has 1 aliphatic carbocycles. The molecule has 0 aromatic heterocycles. The van der Waals surface area contributed by atoms with Crippen LogP contribution in [0.25, 0.3) is 0 Å². The third kappa shape index (κ3) is 3.96. The Bertz CT molecular complexity index is 285. The smallest absolute Gasteiger partial charge is 0.0460 e. The van der Waals surface area contributed by atoms with E-state index in [1.54, 1.807) is 0 Å². The Morgan fingerprint density at radius 2 is 1.90 bits per heavy atom. The highest BCUT2D eigenvalue weighted by Crippen LogP contribution is 2.39. The van der Waals surface area contributed by atoms with E-state index in [0.29, 0.717) is 24.0 Å². The number of hydrogen-bond acceptors (Lipinski definition) is 3. The molecule has 118 valence electrons. The summed E-state index contributed by atoms with van der Waals surface area (Å²) in [6, 6.07) is 0.664. The van der Waals surface area contributed by atoms with Crippen LogP contribution in [-0.4, -0.2) is 48.8 Å². The first-order chi connectivity index (χ1) is 9.56. The van der Waals surface area contributed by atoms with Gasteiger partial charge in [0.2, 0.25) is 0 Å². The topological polar surface area (TPSA) is 35.5 Å². The van der Waals surface area contributed by atoms with E-state index in [9.17, 15) is 5.11 Å². The van der Waals surface area contributed by atoms with Gasteiger partial charge in [0.15, 0.2) is 0 Å². The van der Waals surface area contributed by atoms with Crippen LogP contribution in [0.1, 0.15) is 52.9 Å². The molecule has 2 aliphatic rings. The van der Waals surface area contributed by atoms with Crippen LogP contribution in [0.3, 0.4) is 0 Å². The molecule has 1 saturated heterocycles. The first kappa shape index (κ1) is 16.3. The zero-order valence-corrected chi connectivity index (χ0v) is 13.7. The molecule has 3 nitrogen and oxygen atoms in total. The van der Waals surface area contributed by atoms with Crippen LogP contribution in [0.4, 0.5) is 0 Å². The predicted octanol–water partition coefficient (Wildman–Crippen LogP) is 2.50. The van der Waals surface area contributed by atoms with Crippen LogP contribution in [0.2, 0.25) is 0 Å². The molecule has 2 unspecified atom stereocenters. The van der Waals surface area contributed by atoms with Crippen LogP contribution in [0, 0.1) is 17.3 Å². The molecule has 2 N–H and O–H groups in total. The molecule has 0 aromatic carbocycles. The standard InChI is InChI=1S/C17H34N2O/c1-4-18-16-15(6-5-9-17(16,2)3)12-19-10-7-14(13-20)8-11-19/h14-16,18,20H,4-13H2,1-3H3. The third-order valence-corrected chi connectivity index (χ3v) is 5.59. The van der Waals surface area contributed by atoms with Gasteiger partial charge in [0, 0.05) is 19.2 Å². The number of nitrogens with zero attached hydrogens (tertiary/aromatic N) is 1. The number of aliphatic hydroxyl groups is 1. The lowest BCUT2D eigenvalue weighted by molar-refractivity contribution is 0.0607. The van der Waals surface area contributed by atoms with Crippen molar-refractivity contribution in [1.29, 1.82) is 0 Å². The van der Waals surface area contributed by atoms with E-state index in [1.807, 2.05) is 0 Å². The van der Waals surface area contributed by atoms with Gasteiger partial charge in [-0.25, -0.2) is 0 Å². The molecule has 2 atom stereocenters. The Hall–Kier alpha value is -0.120. The van der Waals surface area contributed by atoms with E-state index < -0.39 is 0 Å². The summed E-state index contributed by atoms with van der Waals surface area (Å²) in [6.45, 7) is 12.2. The van der Waals surface area contributed by atoms with Crippen LogP contribution in [0.15, 0.2) is 0 Å². The average molecular weight is 282 g/mol. The van der Waals surface area contributed by atoms with Crippen molar-refractivity contribution in [3.8, 4) is 0 Å². The molecular weight excluding hydrogens is 248 g/mol. The molecular formula is C17H34N2O. The van der Waals surface area contributed by atoms with Gasteiger partial charge in [-0.15, -0.1) is 0 Å². The summed E-state index contributed by atoms with van der Waals surface area (Å²) in [4.78, 5) is 2.64. The summed E-state index contributed by atoms with van der Waals surface area (Å²) in [6.07, 6.45) is 6.47. The van der Waals surface area contributed by atoms with Gasteiger partial charge in [0.1, 0.15) is 0 Å². The lowest BCUT2D eigenvalue weighted by atomic mass is 9.67. The fourth-order valence-corrected chi connectivity index (χ4v) is 4.32. The Morgan fingerprint density at radius 3 is 2.50 bits per heavy atom. The number of rotatable bonds is 5. The maximum atomic E-state index is 9.25. The minimum atomic E-state index is 0.379. The second-order valence-corrected chi connectivity index (χ2v) is 7.60. The highest BCUT2D eigenvalue weighted by Gasteiger charge is 2.39. The van der Waals surface area contributed by atoms with E-state index in [-0.39, 0.29) is 0 Å². The number of piperidine rings is 1. The molecule has 0 radical (unpaired) electrons. The quantitative estimate of drug-likeness (QED) is 0.813. The molecule has 2 rings (SSSR count). The van der Waals surface area contributed by atoms with Crippen molar-refractivity contribution in [3.05, 3.63) is 0 Å². The van der Waals surface area contributed by atoms with Crippen molar-refractivity contribution in [3.63, 3.8) is 0 Å². The number of aliphatic hydroxyl groups excluding tert-OH is 1. The summed E-state index contributed by atoms with van der Waals surface area (Å²) in [7, 11) is 0. The van der Waals surface area contributed by atoms with Crippen LogP contribution in [0.5, 0.6) is 0 Å². The second-order valence-electron chi connectivity index (χ2n) is 7.60. The van der Waals surface area contributed by atoms with E-state index in [0.717, 1.165) is 12.5 Å². The highest BCUT2D eigenvalue weighted by atomic mass is 16.3. The van der Waals surface area contributed by atoms with Crippen LogP contribution < -0.4 is 5.32 Å². The molecule has 3 heteroatoms. The van der Waals surface area contributed by atoms with E-state index in [1.165, 1.54) is 51.7 Å². The minimum Gasteiger partial charge on any atom is -0.396 e. The van der Waals surface area contributed by atoms with Gasteiger partial charge >= 0.3 is 0 Å². The van der Waals surface area contributed by atoms with E-state index >= 15 is 0 Å². The SMILES string of the molecule is CCNC1C(CN2CCC(CO)CC2)CCCC1(C)C. The average Bonchev–Trinajstić information content (AvgIpc) is 2.43. The Kier molecular flexibility index (Phi) is 5.88. The van der Waals surface area contributed by atoms with Crippen molar-refractivity contribution in [2.24, 2.45) is 17.3 Å². The first-order valence-corrected chi connectivity index (χ1v) is 8.63. The molecule has 0 aromatic rings. The number of nitrogens with one attached hydrogen (secondary N) is 1. The van der Waals surface area contributed by atoms with Crippen LogP contribution >= 0.6 is 0 Å². The molecule has 20 heavy (non-hydrogen) atoms. The number of likely N-dealkylation sites (tertiary alicyclic amines) is 1. The lowest BCUT2D eigenvalue weighted by Gasteiger charge is -2.46. The normalized spacial score (nSPS) is 32.4. The zero-order valence-electron chi connectivity index (χ0n) is 13.7. The molecule has 1 saturated carbocycles. The summed E-state index contributed by atoms with van der Waals surface area (Å²) >= 11 is 0. The highest BCUT2D eigenvalue weighted by molar-refractivity contribution is 4.94. The Labute approximate surface area is 125 Å². The van der Waals surface area contributed by atoms with Crippen molar-refractivity contribution in [2.75, 3.05) is 32.8 Å². The summed E-state index contributed by atoms with van der Waals surface area (Å²) in [5.74, 6) is 1.35. The fourth-order valence-electron chi connectivity index (χ4n) is 4.32. The monoisotopic (exact) mass is 282 g/mol. The molecule has 0 amide bonds.